The number of guanidine groups is 1. The Morgan fingerprint density at radius 3 is 2.80 bits per heavy atom. The lowest BCUT2D eigenvalue weighted by atomic mass is 10.1. The van der Waals surface area contributed by atoms with Crippen LogP contribution in [0, 0.1) is 0 Å². The zero-order valence-corrected chi connectivity index (χ0v) is 13.8. The van der Waals surface area contributed by atoms with Crippen LogP contribution in [0.2, 0.25) is 5.02 Å². The van der Waals surface area contributed by atoms with Crippen molar-refractivity contribution in [2.24, 2.45) is 4.99 Å². The Morgan fingerprint density at radius 2 is 2.10 bits per heavy atom. The molecule has 20 heavy (non-hydrogen) atoms. The zero-order chi connectivity index (χ0) is 13.1. The third-order valence-corrected chi connectivity index (χ3v) is 3.31. The molecule has 1 atom stereocenters. The third kappa shape index (κ3) is 3.67. The topological polar surface area (TPSA) is 49.6 Å². The smallest absolute Gasteiger partial charge is 0.192 e. The van der Waals surface area contributed by atoms with E-state index in [1.54, 1.807) is 12.5 Å². The summed E-state index contributed by atoms with van der Waals surface area (Å²) < 4.78 is 5.02. The molecule has 2 aromatic rings. The standard InChI is InChI=1S/C14H14ClN3O.HI/c15-12-3-1-11(2-4-12)13-8-17-14(18-13)16-7-10-5-6-19-9-10;/h1-6,9,13H,7-8H2,(H2,16,17,18);1H. The highest BCUT2D eigenvalue weighted by Crippen LogP contribution is 2.19. The Bertz CT molecular complexity index is 569. The van der Waals surface area contributed by atoms with Crippen molar-refractivity contribution in [3.8, 4) is 0 Å². The van der Waals surface area contributed by atoms with E-state index in [9.17, 15) is 0 Å². The lowest BCUT2D eigenvalue weighted by molar-refractivity contribution is 0.563. The fraction of sp³-hybridized carbons (Fsp3) is 0.214. The molecule has 6 heteroatoms. The fourth-order valence-corrected chi connectivity index (χ4v) is 2.13. The predicted octanol–water partition coefficient (Wildman–Crippen LogP) is 3.34. The zero-order valence-electron chi connectivity index (χ0n) is 10.7. The molecule has 0 amide bonds. The lowest BCUT2D eigenvalue weighted by Gasteiger charge is -2.12. The minimum atomic E-state index is 0. The van der Waals surface area contributed by atoms with E-state index in [1.807, 2.05) is 30.3 Å². The predicted molar refractivity (Wildman–Crippen MR) is 90.6 cm³/mol. The van der Waals surface area contributed by atoms with Crippen molar-refractivity contribution in [2.75, 3.05) is 6.54 Å². The van der Waals surface area contributed by atoms with Crippen molar-refractivity contribution >= 4 is 41.5 Å². The van der Waals surface area contributed by atoms with Crippen molar-refractivity contribution in [1.82, 2.24) is 10.6 Å². The first-order chi connectivity index (χ1) is 9.31. The van der Waals surface area contributed by atoms with E-state index in [-0.39, 0.29) is 30.0 Å². The molecule has 3 rings (SSSR count). The van der Waals surface area contributed by atoms with E-state index >= 15 is 0 Å². The molecule has 0 fully saturated rings. The Labute approximate surface area is 139 Å². The highest BCUT2D eigenvalue weighted by molar-refractivity contribution is 14.0. The third-order valence-electron chi connectivity index (χ3n) is 3.06. The number of nitrogens with zero attached hydrogens (tertiary/aromatic N) is 1. The summed E-state index contributed by atoms with van der Waals surface area (Å²) in [5.74, 6) is 0.821. The minimum absolute atomic E-state index is 0. The Kier molecular flexibility index (Phi) is 5.31. The van der Waals surface area contributed by atoms with Crippen LogP contribution in [0.3, 0.4) is 0 Å². The van der Waals surface area contributed by atoms with Crippen LogP contribution in [-0.2, 0) is 6.54 Å². The molecule has 2 N–H and O–H groups in total. The molecule has 106 valence electrons. The summed E-state index contributed by atoms with van der Waals surface area (Å²) in [7, 11) is 0. The maximum absolute atomic E-state index is 5.88. The SMILES string of the molecule is Clc1ccc(C2CN=C(NCc3ccoc3)N2)cc1.I. The average Bonchev–Trinajstić information content (AvgIpc) is 3.09. The van der Waals surface area contributed by atoms with Crippen LogP contribution in [0.1, 0.15) is 17.2 Å². The first kappa shape index (κ1) is 15.2. The van der Waals surface area contributed by atoms with Gasteiger partial charge in [-0.1, -0.05) is 23.7 Å². The number of hydrogen-bond acceptors (Lipinski definition) is 4. The van der Waals surface area contributed by atoms with Crippen LogP contribution in [0.15, 0.2) is 52.3 Å². The second kappa shape index (κ2) is 6.99. The summed E-state index contributed by atoms with van der Waals surface area (Å²) in [6.07, 6.45) is 3.39. The van der Waals surface area contributed by atoms with E-state index in [0.29, 0.717) is 6.54 Å². The van der Waals surface area contributed by atoms with Gasteiger partial charge in [0.15, 0.2) is 5.96 Å². The fourth-order valence-electron chi connectivity index (χ4n) is 2.01. The van der Waals surface area contributed by atoms with Crippen LogP contribution in [0.5, 0.6) is 0 Å². The van der Waals surface area contributed by atoms with Gasteiger partial charge in [-0.05, 0) is 23.8 Å². The van der Waals surface area contributed by atoms with Gasteiger partial charge in [0, 0.05) is 17.1 Å². The lowest BCUT2D eigenvalue weighted by Crippen LogP contribution is -2.34. The van der Waals surface area contributed by atoms with Crippen molar-refractivity contribution in [3.05, 3.63) is 59.0 Å². The molecular weight excluding hydrogens is 389 g/mol. The summed E-state index contributed by atoms with van der Waals surface area (Å²) in [4.78, 5) is 4.45. The molecule has 0 saturated heterocycles. The maximum Gasteiger partial charge on any atom is 0.192 e. The summed E-state index contributed by atoms with van der Waals surface area (Å²) in [6, 6.07) is 9.98. The number of furan rings is 1. The second-order valence-electron chi connectivity index (χ2n) is 4.42. The first-order valence-electron chi connectivity index (χ1n) is 6.12. The van der Waals surface area contributed by atoms with Gasteiger partial charge in [-0.2, -0.15) is 0 Å². The molecule has 0 aliphatic carbocycles. The molecule has 1 aliphatic rings. The van der Waals surface area contributed by atoms with E-state index in [0.717, 1.165) is 23.1 Å². The largest absolute Gasteiger partial charge is 0.472 e. The molecule has 1 unspecified atom stereocenters. The number of nitrogens with one attached hydrogen (secondary N) is 2. The van der Waals surface area contributed by atoms with Gasteiger partial charge in [0.25, 0.3) is 0 Å². The quantitative estimate of drug-likeness (QED) is 0.773. The van der Waals surface area contributed by atoms with Gasteiger partial charge < -0.3 is 15.1 Å². The summed E-state index contributed by atoms with van der Waals surface area (Å²) in [6.45, 7) is 1.44. The average molecular weight is 404 g/mol. The molecule has 1 aromatic carbocycles. The normalized spacial score (nSPS) is 17.1. The summed E-state index contributed by atoms with van der Waals surface area (Å²) in [5, 5.41) is 7.35. The van der Waals surface area contributed by atoms with Gasteiger partial charge in [-0.25, -0.2) is 0 Å². The van der Waals surface area contributed by atoms with Crippen LogP contribution < -0.4 is 10.6 Å². The highest BCUT2D eigenvalue weighted by Gasteiger charge is 2.18. The monoisotopic (exact) mass is 403 g/mol. The molecular formula is C14H15ClIN3O. The van der Waals surface area contributed by atoms with Crippen LogP contribution in [0.4, 0.5) is 0 Å². The summed E-state index contributed by atoms with van der Waals surface area (Å²) in [5.41, 5.74) is 2.28. The van der Waals surface area contributed by atoms with E-state index in [2.05, 4.69) is 15.6 Å². The summed E-state index contributed by atoms with van der Waals surface area (Å²) >= 11 is 5.88. The molecule has 0 bridgehead atoms. The number of benzene rings is 1. The van der Waals surface area contributed by atoms with Gasteiger partial charge in [-0.3, -0.25) is 4.99 Å². The van der Waals surface area contributed by atoms with E-state index in [4.69, 9.17) is 16.0 Å². The molecule has 0 spiro atoms. The number of aliphatic imine (C=N–C) groups is 1. The van der Waals surface area contributed by atoms with Crippen molar-refractivity contribution in [1.29, 1.82) is 0 Å². The van der Waals surface area contributed by atoms with E-state index in [1.165, 1.54) is 5.56 Å². The van der Waals surface area contributed by atoms with Crippen LogP contribution >= 0.6 is 35.6 Å². The minimum Gasteiger partial charge on any atom is -0.472 e. The number of hydrogen-bond donors (Lipinski definition) is 2. The molecule has 0 radical (unpaired) electrons. The Balaban J connectivity index is 0.00000147. The van der Waals surface area contributed by atoms with E-state index < -0.39 is 0 Å². The van der Waals surface area contributed by atoms with Gasteiger partial charge in [-0.15, -0.1) is 24.0 Å². The Morgan fingerprint density at radius 1 is 1.30 bits per heavy atom. The molecule has 4 nitrogen and oxygen atoms in total. The van der Waals surface area contributed by atoms with Crippen molar-refractivity contribution in [3.63, 3.8) is 0 Å². The molecule has 2 heterocycles. The van der Waals surface area contributed by atoms with Crippen LogP contribution in [-0.4, -0.2) is 12.5 Å². The molecule has 1 aromatic heterocycles. The van der Waals surface area contributed by atoms with Gasteiger partial charge in [0.05, 0.1) is 25.1 Å². The maximum atomic E-state index is 5.88. The molecule has 0 saturated carbocycles. The second-order valence-corrected chi connectivity index (χ2v) is 4.86. The van der Waals surface area contributed by atoms with Gasteiger partial charge in [0.1, 0.15) is 0 Å². The van der Waals surface area contributed by atoms with Gasteiger partial charge >= 0.3 is 0 Å². The van der Waals surface area contributed by atoms with Crippen molar-refractivity contribution < 1.29 is 4.42 Å². The number of rotatable bonds is 3. The van der Waals surface area contributed by atoms with Crippen molar-refractivity contribution in [2.45, 2.75) is 12.6 Å². The highest BCUT2D eigenvalue weighted by atomic mass is 127. The van der Waals surface area contributed by atoms with Gasteiger partial charge in [0.2, 0.25) is 0 Å². The molecule has 1 aliphatic heterocycles. The first-order valence-corrected chi connectivity index (χ1v) is 6.50. The van der Waals surface area contributed by atoms with Crippen LogP contribution in [0.25, 0.3) is 0 Å². The Hall–Kier alpha value is -1.21. The number of halogens is 2.